The monoisotopic (exact) mass is 441 g/mol. The molecular formula is C19H15ClF3N3O2S. The molecule has 3 rings (SSSR count). The maximum Gasteiger partial charge on any atom is 0.416 e. The number of nitrogens with one attached hydrogen (secondary N) is 2. The average Bonchev–Trinajstić information content (AvgIpc) is 3.07. The zero-order chi connectivity index (χ0) is 21.0. The molecule has 0 bridgehead atoms. The van der Waals surface area contributed by atoms with E-state index in [9.17, 15) is 22.8 Å². The maximum absolute atomic E-state index is 12.7. The number of carbonyl (C=O) groups excluding carboxylic acids is 1. The first kappa shape index (κ1) is 21.1. The van der Waals surface area contributed by atoms with Crippen molar-refractivity contribution in [1.82, 2.24) is 14.7 Å². The molecule has 1 aromatic heterocycles. The van der Waals surface area contributed by atoms with Crippen molar-refractivity contribution in [3.8, 4) is 0 Å². The molecule has 0 aliphatic heterocycles. The van der Waals surface area contributed by atoms with Gasteiger partial charge in [0.15, 0.2) is 0 Å². The fourth-order valence-electron chi connectivity index (χ4n) is 2.75. The van der Waals surface area contributed by atoms with Crippen molar-refractivity contribution in [3.05, 3.63) is 85.7 Å². The van der Waals surface area contributed by atoms with E-state index in [-0.39, 0.29) is 29.4 Å². The number of amides is 1. The minimum absolute atomic E-state index is 0.0540. The van der Waals surface area contributed by atoms with Crippen LogP contribution in [0.5, 0.6) is 0 Å². The fraction of sp³-hybridized carbons (Fsp3) is 0.211. The third kappa shape index (κ3) is 5.91. The molecule has 10 heteroatoms. The van der Waals surface area contributed by atoms with Crippen molar-refractivity contribution in [2.24, 2.45) is 0 Å². The van der Waals surface area contributed by atoms with Gasteiger partial charge in [-0.3, -0.25) is 14.6 Å². The largest absolute Gasteiger partial charge is 0.416 e. The lowest BCUT2D eigenvalue weighted by Crippen LogP contribution is -2.32. The molecule has 0 aliphatic carbocycles. The molecule has 2 N–H and O–H groups in total. The van der Waals surface area contributed by atoms with E-state index < -0.39 is 17.8 Å². The standard InChI is InChI=1S/C19H15ClF3N3O2S/c20-14-3-1-2-12(8-14)10-16(27)24-15(17-25-18(28)29-26-17)9-11-4-6-13(7-5-11)19(21,22)23/h1-8,15H,9-10H2,(H,24,27)(H,25,26,28)/t15-/m0/s1. The summed E-state index contributed by atoms with van der Waals surface area (Å²) in [5.41, 5.74) is 0.500. The van der Waals surface area contributed by atoms with Crippen LogP contribution in [0.3, 0.4) is 0 Å². The molecule has 0 spiro atoms. The molecule has 3 aromatic rings. The number of hydrogen-bond donors (Lipinski definition) is 2. The van der Waals surface area contributed by atoms with Gasteiger partial charge >= 0.3 is 11.0 Å². The van der Waals surface area contributed by atoms with Crippen LogP contribution >= 0.6 is 23.1 Å². The van der Waals surface area contributed by atoms with Crippen LogP contribution in [0.2, 0.25) is 5.02 Å². The number of halogens is 4. The van der Waals surface area contributed by atoms with Crippen LogP contribution < -0.4 is 10.2 Å². The maximum atomic E-state index is 12.7. The third-order valence-electron chi connectivity index (χ3n) is 4.10. The molecule has 0 fully saturated rings. The number of carbonyl (C=O) groups is 1. The molecule has 0 saturated heterocycles. The van der Waals surface area contributed by atoms with E-state index in [0.29, 0.717) is 27.7 Å². The van der Waals surface area contributed by atoms with Crippen molar-refractivity contribution in [1.29, 1.82) is 0 Å². The van der Waals surface area contributed by atoms with Gasteiger partial charge in [0.05, 0.1) is 18.0 Å². The number of aromatic amines is 1. The summed E-state index contributed by atoms with van der Waals surface area (Å²) in [6.07, 6.45) is -4.21. The van der Waals surface area contributed by atoms with Gasteiger partial charge in [0.1, 0.15) is 5.82 Å². The normalized spacial score (nSPS) is 12.6. The molecule has 0 radical (unpaired) electrons. The highest BCUT2D eigenvalue weighted by molar-refractivity contribution is 7.02. The van der Waals surface area contributed by atoms with Crippen LogP contribution in [0.4, 0.5) is 13.2 Å². The minimum atomic E-state index is -4.43. The number of nitrogens with zero attached hydrogens (tertiary/aromatic N) is 1. The van der Waals surface area contributed by atoms with E-state index in [0.717, 1.165) is 12.1 Å². The van der Waals surface area contributed by atoms with Crippen LogP contribution in [0.1, 0.15) is 28.6 Å². The number of H-pyrrole nitrogens is 1. The van der Waals surface area contributed by atoms with Gasteiger partial charge in [-0.1, -0.05) is 35.9 Å². The molecule has 0 saturated carbocycles. The quantitative estimate of drug-likeness (QED) is 0.603. The summed E-state index contributed by atoms with van der Waals surface area (Å²) >= 11 is 6.63. The topological polar surface area (TPSA) is 74.8 Å². The summed E-state index contributed by atoms with van der Waals surface area (Å²) < 4.78 is 42.2. The summed E-state index contributed by atoms with van der Waals surface area (Å²) in [7, 11) is 0. The van der Waals surface area contributed by atoms with E-state index in [4.69, 9.17) is 11.6 Å². The molecule has 29 heavy (non-hydrogen) atoms. The summed E-state index contributed by atoms with van der Waals surface area (Å²) in [5, 5.41) is 3.28. The van der Waals surface area contributed by atoms with E-state index in [1.165, 1.54) is 12.1 Å². The molecule has 1 amide bonds. The van der Waals surface area contributed by atoms with Crippen molar-refractivity contribution < 1.29 is 18.0 Å². The Morgan fingerprint density at radius 1 is 1.17 bits per heavy atom. The smallest absolute Gasteiger partial charge is 0.345 e. The lowest BCUT2D eigenvalue weighted by molar-refractivity contribution is -0.137. The highest BCUT2D eigenvalue weighted by atomic mass is 35.5. The summed E-state index contributed by atoms with van der Waals surface area (Å²) in [6.45, 7) is 0. The lowest BCUT2D eigenvalue weighted by Gasteiger charge is -2.17. The first-order valence-corrected chi connectivity index (χ1v) is 9.61. The second-order valence-electron chi connectivity index (χ2n) is 6.31. The van der Waals surface area contributed by atoms with Gasteiger partial charge in [0, 0.05) is 16.6 Å². The number of hydrogen-bond acceptors (Lipinski definition) is 4. The van der Waals surface area contributed by atoms with Gasteiger partial charge in [-0.05, 0) is 41.8 Å². The number of alkyl halides is 3. The van der Waals surface area contributed by atoms with Crippen LogP contribution in [0, 0.1) is 0 Å². The highest BCUT2D eigenvalue weighted by Gasteiger charge is 2.30. The molecule has 5 nitrogen and oxygen atoms in total. The second kappa shape index (κ2) is 8.79. The van der Waals surface area contributed by atoms with Crippen LogP contribution in [-0.2, 0) is 23.8 Å². The van der Waals surface area contributed by atoms with E-state index >= 15 is 0 Å². The van der Waals surface area contributed by atoms with Crippen molar-refractivity contribution in [2.45, 2.75) is 25.1 Å². The first-order valence-electron chi connectivity index (χ1n) is 8.46. The Bertz CT molecular complexity index is 1050. The van der Waals surface area contributed by atoms with Crippen LogP contribution in [0.15, 0.2) is 53.3 Å². The molecule has 1 atom stereocenters. The zero-order valence-electron chi connectivity index (χ0n) is 14.8. The number of benzene rings is 2. The number of aromatic nitrogens is 2. The van der Waals surface area contributed by atoms with Crippen molar-refractivity contribution in [3.63, 3.8) is 0 Å². The van der Waals surface area contributed by atoms with Gasteiger partial charge in [-0.15, -0.1) is 0 Å². The Kier molecular flexibility index (Phi) is 6.39. The van der Waals surface area contributed by atoms with Crippen LogP contribution in [-0.4, -0.2) is 15.3 Å². The second-order valence-corrected chi connectivity index (χ2v) is 7.48. The van der Waals surface area contributed by atoms with Gasteiger partial charge < -0.3 is 5.32 Å². The minimum Gasteiger partial charge on any atom is -0.345 e. The predicted octanol–water partition coefficient (Wildman–Crippen LogP) is 4.15. The van der Waals surface area contributed by atoms with E-state index in [2.05, 4.69) is 14.7 Å². The van der Waals surface area contributed by atoms with E-state index in [1.807, 2.05) is 0 Å². The molecule has 0 aliphatic rings. The summed E-state index contributed by atoms with van der Waals surface area (Å²) in [5.74, 6) is -0.0858. The van der Waals surface area contributed by atoms with Gasteiger partial charge in [-0.2, -0.15) is 17.5 Å². The molecule has 2 aromatic carbocycles. The van der Waals surface area contributed by atoms with Crippen molar-refractivity contribution >= 4 is 29.0 Å². The summed E-state index contributed by atoms with van der Waals surface area (Å²) in [4.78, 5) is 26.1. The fourth-order valence-corrected chi connectivity index (χ4v) is 3.47. The predicted molar refractivity (Wildman–Crippen MR) is 104 cm³/mol. The molecular weight excluding hydrogens is 427 g/mol. The average molecular weight is 442 g/mol. The SMILES string of the molecule is O=C(Cc1cccc(Cl)c1)N[C@@H](Cc1ccc(C(F)(F)F)cc1)c1nsc(=O)[nH]1. The number of rotatable bonds is 6. The Hall–Kier alpha value is -2.65. The van der Waals surface area contributed by atoms with Crippen LogP contribution in [0.25, 0.3) is 0 Å². The molecule has 1 heterocycles. The van der Waals surface area contributed by atoms with Gasteiger partial charge in [0.2, 0.25) is 5.91 Å². The molecule has 0 unspecified atom stereocenters. The van der Waals surface area contributed by atoms with Gasteiger partial charge in [0.25, 0.3) is 0 Å². The lowest BCUT2D eigenvalue weighted by atomic mass is 10.0. The van der Waals surface area contributed by atoms with E-state index in [1.54, 1.807) is 24.3 Å². The Balaban J connectivity index is 1.76. The highest BCUT2D eigenvalue weighted by Crippen LogP contribution is 2.29. The molecule has 152 valence electrons. The first-order chi connectivity index (χ1) is 13.7. The summed E-state index contributed by atoms with van der Waals surface area (Å²) in [6, 6.07) is 10.8. The third-order valence-corrected chi connectivity index (χ3v) is 4.89. The van der Waals surface area contributed by atoms with Gasteiger partial charge in [-0.25, -0.2) is 0 Å². The Morgan fingerprint density at radius 3 is 2.48 bits per heavy atom. The Labute approximate surface area is 172 Å². The zero-order valence-corrected chi connectivity index (χ0v) is 16.4. The van der Waals surface area contributed by atoms with Crippen molar-refractivity contribution in [2.75, 3.05) is 0 Å². The Morgan fingerprint density at radius 2 is 1.90 bits per heavy atom.